The highest BCUT2D eigenvalue weighted by molar-refractivity contribution is 9.10. The number of nitrogens with zero attached hydrogens (tertiary/aromatic N) is 2. The van der Waals surface area contributed by atoms with E-state index in [-0.39, 0.29) is 25.0 Å². The highest BCUT2D eigenvalue weighted by Gasteiger charge is 2.27. The van der Waals surface area contributed by atoms with Gasteiger partial charge in [0.15, 0.2) is 6.61 Å². The van der Waals surface area contributed by atoms with Gasteiger partial charge in [0.05, 0.1) is 5.69 Å². The molecule has 0 aromatic heterocycles. The first-order valence-electron chi connectivity index (χ1n) is 9.39. The third-order valence-electron chi connectivity index (χ3n) is 5.09. The fourth-order valence-corrected chi connectivity index (χ4v) is 4.08. The highest BCUT2D eigenvalue weighted by atomic mass is 79.9. The molecule has 2 aromatic carbocycles. The summed E-state index contributed by atoms with van der Waals surface area (Å²) in [6.07, 6.45) is 2.45. The predicted molar refractivity (Wildman–Crippen MR) is 113 cm³/mol. The molecule has 2 heterocycles. The number of nitrogens with one attached hydrogen (secondary N) is 1. The molecule has 4 rings (SSSR count). The fraction of sp³-hybridized carbons (Fsp3) is 0.333. The number of ether oxygens (including phenoxy) is 1. The Morgan fingerprint density at radius 3 is 2.64 bits per heavy atom. The first-order valence-corrected chi connectivity index (χ1v) is 10.2. The average Bonchev–Trinajstić information content (AvgIpc) is 3.18. The van der Waals surface area contributed by atoms with Crippen LogP contribution >= 0.6 is 15.9 Å². The van der Waals surface area contributed by atoms with Crippen LogP contribution < -0.4 is 19.9 Å². The summed E-state index contributed by atoms with van der Waals surface area (Å²) in [5.74, 6) is 0.121. The Hall–Kier alpha value is -2.54. The van der Waals surface area contributed by atoms with Crippen LogP contribution in [0, 0.1) is 6.92 Å². The van der Waals surface area contributed by atoms with Crippen molar-refractivity contribution >= 4 is 44.8 Å². The molecule has 2 aromatic rings. The maximum Gasteiger partial charge on any atom is 0.265 e. The number of carbonyl (C=O) groups is 2. The molecule has 28 heavy (non-hydrogen) atoms. The number of benzene rings is 2. The van der Waals surface area contributed by atoms with E-state index >= 15 is 0 Å². The number of aryl methyl sites for hydroxylation is 1. The molecular weight excluding hydrogens is 422 g/mol. The highest BCUT2D eigenvalue weighted by Crippen LogP contribution is 2.34. The van der Waals surface area contributed by atoms with Crippen molar-refractivity contribution in [2.75, 3.05) is 41.4 Å². The van der Waals surface area contributed by atoms with Crippen molar-refractivity contribution in [3.05, 3.63) is 46.4 Å². The Morgan fingerprint density at radius 1 is 1.14 bits per heavy atom. The molecule has 0 aliphatic carbocycles. The van der Waals surface area contributed by atoms with Gasteiger partial charge in [0, 0.05) is 28.9 Å². The van der Waals surface area contributed by atoms with E-state index in [1.54, 1.807) is 12.1 Å². The van der Waals surface area contributed by atoms with E-state index in [2.05, 4.69) is 39.1 Å². The maximum absolute atomic E-state index is 12.6. The SMILES string of the molecule is Cc1cc(NC(=O)CN2C(=O)COc3cc(Br)ccc32)ccc1N1CCCC1. The summed E-state index contributed by atoms with van der Waals surface area (Å²) in [5, 5.41) is 2.91. The smallest absolute Gasteiger partial charge is 0.265 e. The number of hydrogen-bond acceptors (Lipinski definition) is 4. The van der Waals surface area contributed by atoms with Crippen molar-refractivity contribution in [1.29, 1.82) is 0 Å². The van der Waals surface area contributed by atoms with E-state index in [1.165, 1.54) is 23.4 Å². The number of carbonyl (C=O) groups excluding carboxylic acids is 2. The molecule has 0 radical (unpaired) electrons. The second-order valence-electron chi connectivity index (χ2n) is 7.12. The lowest BCUT2D eigenvalue weighted by Gasteiger charge is -2.29. The van der Waals surface area contributed by atoms with Gasteiger partial charge in [0.25, 0.3) is 5.91 Å². The Bertz CT molecular complexity index is 925. The Kier molecular flexibility index (Phi) is 5.26. The largest absolute Gasteiger partial charge is 0.482 e. The zero-order chi connectivity index (χ0) is 19.7. The van der Waals surface area contributed by atoms with Crippen LogP contribution in [0.3, 0.4) is 0 Å². The molecule has 2 aliphatic rings. The molecule has 6 nitrogen and oxygen atoms in total. The summed E-state index contributed by atoms with van der Waals surface area (Å²) < 4.78 is 6.33. The van der Waals surface area contributed by atoms with Gasteiger partial charge < -0.3 is 15.0 Å². The van der Waals surface area contributed by atoms with Gasteiger partial charge in [0.1, 0.15) is 12.3 Å². The molecule has 0 atom stereocenters. The normalized spacial score (nSPS) is 16.0. The molecule has 0 saturated carbocycles. The Morgan fingerprint density at radius 2 is 1.89 bits per heavy atom. The standard InChI is InChI=1S/C21H22BrN3O3/c1-14-10-16(5-7-17(14)24-8-2-3-9-24)23-20(26)12-25-18-6-4-15(22)11-19(18)28-13-21(25)27/h4-7,10-11H,2-3,8-9,12-13H2,1H3,(H,23,26). The summed E-state index contributed by atoms with van der Waals surface area (Å²) in [7, 11) is 0. The molecule has 0 spiro atoms. The number of anilines is 3. The minimum atomic E-state index is -0.238. The molecule has 2 amide bonds. The van der Waals surface area contributed by atoms with E-state index in [4.69, 9.17) is 4.74 Å². The van der Waals surface area contributed by atoms with Crippen LogP contribution in [0.25, 0.3) is 0 Å². The van der Waals surface area contributed by atoms with Gasteiger partial charge in [-0.25, -0.2) is 0 Å². The van der Waals surface area contributed by atoms with Gasteiger partial charge >= 0.3 is 0 Å². The van der Waals surface area contributed by atoms with Crippen molar-refractivity contribution in [3.8, 4) is 5.75 Å². The lowest BCUT2D eigenvalue weighted by molar-refractivity contribution is -0.123. The summed E-state index contributed by atoms with van der Waals surface area (Å²) in [6, 6.07) is 11.4. The van der Waals surface area contributed by atoms with Gasteiger partial charge in [-0.15, -0.1) is 0 Å². The molecule has 0 bridgehead atoms. The molecule has 1 N–H and O–H groups in total. The van der Waals surface area contributed by atoms with Crippen molar-refractivity contribution in [1.82, 2.24) is 0 Å². The van der Waals surface area contributed by atoms with Crippen molar-refractivity contribution in [3.63, 3.8) is 0 Å². The molecule has 1 fully saturated rings. The lowest BCUT2D eigenvalue weighted by Crippen LogP contribution is -2.43. The minimum absolute atomic E-state index is 0.0518. The Labute approximate surface area is 172 Å². The third-order valence-corrected chi connectivity index (χ3v) is 5.59. The van der Waals surface area contributed by atoms with Crippen molar-refractivity contribution < 1.29 is 14.3 Å². The monoisotopic (exact) mass is 443 g/mol. The van der Waals surface area contributed by atoms with Crippen molar-refractivity contribution in [2.45, 2.75) is 19.8 Å². The second-order valence-corrected chi connectivity index (χ2v) is 8.04. The van der Waals surface area contributed by atoms with Gasteiger partial charge in [-0.1, -0.05) is 15.9 Å². The predicted octanol–water partition coefficient (Wildman–Crippen LogP) is 3.72. The number of halogens is 1. The quantitative estimate of drug-likeness (QED) is 0.781. The summed E-state index contributed by atoms with van der Waals surface area (Å²) in [5.41, 5.74) is 3.70. The molecule has 1 saturated heterocycles. The van der Waals surface area contributed by atoms with Crippen LogP contribution in [0.5, 0.6) is 5.75 Å². The van der Waals surface area contributed by atoms with E-state index in [0.717, 1.165) is 28.8 Å². The molecule has 0 unspecified atom stereocenters. The van der Waals surface area contributed by atoms with E-state index in [1.807, 2.05) is 18.2 Å². The van der Waals surface area contributed by atoms with Crippen LogP contribution in [-0.2, 0) is 9.59 Å². The first-order chi connectivity index (χ1) is 13.5. The number of fused-ring (bicyclic) bond motifs is 1. The first kappa shape index (κ1) is 18.8. The zero-order valence-electron chi connectivity index (χ0n) is 15.7. The lowest BCUT2D eigenvalue weighted by atomic mass is 10.1. The number of rotatable bonds is 4. The van der Waals surface area contributed by atoms with E-state index in [0.29, 0.717) is 11.4 Å². The van der Waals surface area contributed by atoms with E-state index in [9.17, 15) is 9.59 Å². The maximum atomic E-state index is 12.6. The van der Waals surface area contributed by atoms with Crippen LogP contribution in [0.2, 0.25) is 0 Å². The second kappa shape index (κ2) is 7.83. The van der Waals surface area contributed by atoms with Crippen LogP contribution in [0.15, 0.2) is 40.9 Å². The number of amides is 2. The summed E-state index contributed by atoms with van der Waals surface area (Å²) in [6.45, 7) is 4.11. The molecule has 146 valence electrons. The van der Waals surface area contributed by atoms with Crippen LogP contribution in [0.4, 0.5) is 17.1 Å². The van der Waals surface area contributed by atoms with Gasteiger partial charge in [-0.05, 0) is 61.7 Å². The fourth-order valence-electron chi connectivity index (χ4n) is 3.74. The summed E-state index contributed by atoms with van der Waals surface area (Å²) in [4.78, 5) is 28.7. The number of hydrogen-bond donors (Lipinski definition) is 1. The van der Waals surface area contributed by atoms with Crippen LogP contribution in [-0.4, -0.2) is 38.1 Å². The van der Waals surface area contributed by atoms with E-state index < -0.39 is 0 Å². The molecular formula is C21H22BrN3O3. The summed E-state index contributed by atoms with van der Waals surface area (Å²) >= 11 is 3.39. The Balaban J connectivity index is 1.46. The van der Waals surface area contributed by atoms with Crippen molar-refractivity contribution in [2.24, 2.45) is 0 Å². The van der Waals surface area contributed by atoms with Gasteiger partial charge in [-0.2, -0.15) is 0 Å². The topological polar surface area (TPSA) is 61.9 Å². The third kappa shape index (κ3) is 3.85. The minimum Gasteiger partial charge on any atom is -0.482 e. The van der Waals surface area contributed by atoms with Gasteiger partial charge in [-0.3, -0.25) is 14.5 Å². The molecule has 2 aliphatic heterocycles. The zero-order valence-corrected chi connectivity index (χ0v) is 17.3. The van der Waals surface area contributed by atoms with Crippen LogP contribution in [0.1, 0.15) is 18.4 Å². The average molecular weight is 444 g/mol. The van der Waals surface area contributed by atoms with Gasteiger partial charge in [0.2, 0.25) is 5.91 Å². The molecule has 7 heteroatoms.